The molecule has 0 spiro atoms. The number of rotatable bonds is 5. The van der Waals surface area contributed by atoms with Crippen molar-refractivity contribution < 1.29 is 29.0 Å². The van der Waals surface area contributed by atoms with Gasteiger partial charge in [-0.2, -0.15) is 0 Å². The summed E-state index contributed by atoms with van der Waals surface area (Å²) in [5.41, 5.74) is 0.766. The average molecular weight is 417 g/mol. The number of fused-ring (bicyclic) bond motifs is 1. The lowest BCUT2D eigenvalue weighted by Crippen LogP contribution is -2.47. The largest absolute Gasteiger partial charge is 0.479 e. The molecule has 1 aliphatic rings. The number of carboxylic acids is 1. The normalized spacial score (nSPS) is 15.3. The van der Waals surface area contributed by atoms with Gasteiger partial charge in [-0.05, 0) is 50.2 Å². The van der Waals surface area contributed by atoms with Gasteiger partial charge in [0.25, 0.3) is 5.91 Å². The van der Waals surface area contributed by atoms with Crippen molar-refractivity contribution in [2.24, 2.45) is 0 Å². The molecule has 150 valence electrons. The quantitative estimate of drug-likeness (QED) is 0.724. The minimum absolute atomic E-state index is 0.0402. The summed E-state index contributed by atoms with van der Waals surface area (Å²) in [5.74, 6) is -2.02. The fourth-order valence-electron chi connectivity index (χ4n) is 2.90. The van der Waals surface area contributed by atoms with Crippen LogP contribution in [0.25, 0.3) is 0 Å². The molecule has 1 heterocycles. The van der Waals surface area contributed by atoms with Crippen LogP contribution in [0, 0.1) is 0 Å². The first-order chi connectivity index (χ1) is 13.7. The first kappa shape index (κ1) is 20.3. The Morgan fingerprint density at radius 3 is 2.59 bits per heavy atom. The Bertz CT molecular complexity index is 1040. The Morgan fingerprint density at radius 2 is 1.93 bits per heavy atom. The van der Waals surface area contributed by atoms with Gasteiger partial charge in [-0.3, -0.25) is 19.3 Å². The Hall–Kier alpha value is -3.39. The molecular formula is C20H17ClN2O6. The summed E-state index contributed by atoms with van der Waals surface area (Å²) in [4.78, 5) is 49.2. The van der Waals surface area contributed by atoms with E-state index < -0.39 is 23.9 Å². The van der Waals surface area contributed by atoms with Gasteiger partial charge in [0.1, 0.15) is 12.3 Å². The fraction of sp³-hybridized carbons (Fsp3) is 0.200. The number of carbonyl (C=O) groups is 4. The van der Waals surface area contributed by atoms with Gasteiger partial charge in [0.15, 0.2) is 11.9 Å². The lowest BCUT2D eigenvalue weighted by molar-refractivity contribution is -0.127. The summed E-state index contributed by atoms with van der Waals surface area (Å²) in [6.45, 7) is 2.62. The number of ketones is 1. The summed E-state index contributed by atoms with van der Waals surface area (Å²) < 4.78 is 5.55. The van der Waals surface area contributed by atoms with E-state index in [1.165, 1.54) is 36.1 Å². The van der Waals surface area contributed by atoms with E-state index in [9.17, 15) is 19.2 Å². The first-order valence-corrected chi connectivity index (χ1v) is 9.01. The minimum atomic E-state index is -1.23. The molecule has 2 amide bonds. The molecule has 2 aromatic carbocycles. The molecule has 1 atom stereocenters. The molecule has 2 N–H and O–H groups in total. The predicted molar refractivity (Wildman–Crippen MR) is 106 cm³/mol. The van der Waals surface area contributed by atoms with Crippen LogP contribution in [0.1, 0.15) is 34.6 Å². The zero-order chi connectivity index (χ0) is 21.3. The van der Waals surface area contributed by atoms with E-state index in [1.54, 1.807) is 19.1 Å². The average Bonchev–Trinajstić information content (AvgIpc) is 2.66. The standard InChI is InChI=1S/C20H17ClN2O6/c1-10(24)12-3-6-17-16(7-12)23(19(26)11(2)29-17)9-18(25)22-13-4-5-15(21)14(8-13)20(27)28/h3-8,11H,9H2,1-2H3,(H,22,25)(H,27,28). The summed E-state index contributed by atoms with van der Waals surface area (Å²) in [6.07, 6.45) is -0.798. The van der Waals surface area contributed by atoms with Crippen molar-refractivity contribution in [2.45, 2.75) is 20.0 Å². The number of carbonyl (C=O) groups excluding carboxylic acids is 3. The number of ether oxygens (including phenoxy) is 1. The molecule has 0 aliphatic carbocycles. The number of carboxylic acid groups (broad SMARTS) is 1. The van der Waals surface area contributed by atoms with Crippen LogP contribution in [0.2, 0.25) is 5.02 Å². The lowest BCUT2D eigenvalue weighted by atomic mass is 10.1. The third-order valence-electron chi connectivity index (χ3n) is 4.36. The van der Waals surface area contributed by atoms with Crippen LogP contribution >= 0.6 is 11.6 Å². The number of benzene rings is 2. The van der Waals surface area contributed by atoms with Gasteiger partial charge in [0.2, 0.25) is 5.91 Å². The van der Waals surface area contributed by atoms with Crippen molar-refractivity contribution in [3.8, 4) is 5.75 Å². The molecule has 29 heavy (non-hydrogen) atoms. The van der Waals surface area contributed by atoms with Crippen molar-refractivity contribution in [1.82, 2.24) is 0 Å². The fourth-order valence-corrected chi connectivity index (χ4v) is 3.10. The molecule has 9 heteroatoms. The Kier molecular flexibility index (Phi) is 5.56. The second-order valence-electron chi connectivity index (χ2n) is 6.47. The Labute approximate surface area is 171 Å². The molecule has 3 rings (SSSR count). The van der Waals surface area contributed by atoms with Crippen molar-refractivity contribution in [1.29, 1.82) is 0 Å². The van der Waals surface area contributed by atoms with Crippen molar-refractivity contribution in [2.75, 3.05) is 16.8 Å². The van der Waals surface area contributed by atoms with Crippen LogP contribution < -0.4 is 15.0 Å². The van der Waals surface area contributed by atoms with Gasteiger partial charge < -0.3 is 15.2 Å². The molecule has 0 radical (unpaired) electrons. The third kappa shape index (κ3) is 4.22. The monoisotopic (exact) mass is 416 g/mol. The van der Waals surface area contributed by atoms with Gasteiger partial charge in [-0.15, -0.1) is 0 Å². The first-order valence-electron chi connectivity index (χ1n) is 8.63. The van der Waals surface area contributed by atoms with Gasteiger partial charge in [0, 0.05) is 11.3 Å². The van der Waals surface area contributed by atoms with E-state index in [2.05, 4.69) is 5.32 Å². The highest BCUT2D eigenvalue weighted by atomic mass is 35.5. The van der Waals surface area contributed by atoms with Crippen LogP contribution in [0.3, 0.4) is 0 Å². The highest BCUT2D eigenvalue weighted by Crippen LogP contribution is 2.35. The van der Waals surface area contributed by atoms with E-state index in [-0.39, 0.29) is 28.6 Å². The maximum Gasteiger partial charge on any atom is 0.337 e. The number of nitrogens with zero attached hydrogens (tertiary/aromatic N) is 1. The molecule has 0 saturated carbocycles. The van der Waals surface area contributed by atoms with Crippen molar-refractivity contribution in [3.05, 3.63) is 52.5 Å². The lowest BCUT2D eigenvalue weighted by Gasteiger charge is -2.32. The van der Waals surface area contributed by atoms with Gasteiger partial charge >= 0.3 is 5.97 Å². The summed E-state index contributed by atoms with van der Waals surface area (Å²) in [7, 11) is 0. The summed E-state index contributed by atoms with van der Waals surface area (Å²) in [6, 6.07) is 8.71. The van der Waals surface area contributed by atoms with E-state index in [0.29, 0.717) is 17.0 Å². The van der Waals surface area contributed by atoms with Crippen LogP contribution in [0.15, 0.2) is 36.4 Å². The van der Waals surface area contributed by atoms with Crippen LogP contribution in [0.5, 0.6) is 5.75 Å². The number of nitrogens with one attached hydrogen (secondary N) is 1. The molecule has 1 unspecified atom stereocenters. The molecule has 2 aromatic rings. The van der Waals surface area contributed by atoms with Crippen LogP contribution in [-0.4, -0.2) is 41.3 Å². The van der Waals surface area contributed by atoms with Crippen LogP contribution in [-0.2, 0) is 9.59 Å². The molecule has 0 fully saturated rings. The number of aromatic carboxylic acids is 1. The summed E-state index contributed by atoms with van der Waals surface area (Å²) >= 11 is 5.83. The SMILES string of the molecule is CC(=O)c1ccc2c(c1)N(CC(=O)Nc1ccc(Cl)c(C(=O)O)c1)C(=O)C(C)O2. The van der Waals surface area contributed by atoms with Gasteiger partial charge in [-0.1, -0.05) is 11.6 Å². The van der Waals surface area contributed by atoms with E-state index in [1.807, 2.05) is 0 Å². The van der Waals surface area contributed by atoms with E-state index in [0.717, 1.165) is 0 Å². The zero-order valence-corrected chi connectivity index (χ0v) is 16.3. The third-order valence-corrected chi connectivity index (χ3v) is 4.69. The molecule has 1 aliphatic heterocycles. The molecule has 0 bridgehead atoms. The summed E-state index contributed by atoms with van der Waals surface area (Å²) in [5, 5.41) is 11.7. The molecular weight excluding hydrogens is 400 g/mol. The second kappa shape index (κ2) is 7.92. The van der Waals surface area contributed by atoms with Gasteiger partial charge in [-0.25, -0.2) is 4.79 Å². The Balaban J connectivity index is 1.86. The van der Waals surface area contributed by atoms with Crippen molar-refractivity contribution in [3.63, 3.8) is 0 Å². The number of hydrogen-bond acceptors (Lipinski definition) is 5. The maximum absolute atomic E-state index is 12.6. The van der Waals surface area contributed by atoms with Gasteiger partial charge in [0.05, 0.1) is 16.3 Å². The topological polar surface area (TPSA) is 113 Å². The highest BCUT2D eigenvalue weighted by molar-refractivity contribution is 6.33. The molecule has 8 nitrogen and oxygen atoms in total. The minimum Gasteiger partial charge on any atom is -0.479 e. The van der Waals surface area contributed by atoms with Crippen molar-refractivity contribution >= 4 is 46.5 Å². The Morgan fingerprint density at radius 1 is 1.21 bits per heavy atom. The number of amides is 2. The van der Waals surface area contributed by atoms with E-state index in [4.69, 9.17) is 21.4 Å². The van der Waals surface area contributed by atoms with Crippen LogP contribution in [0.4, 0.5) is 11.4 Å². The second-order valence-corrected chi connectivity index (χ2v) is 6.88. The maximum atomic E-state index is 12.6. The smallest absolute Gasteiger partial charge is 0.337 e. The number of hydrogen-bond donors (Lipinski definition) is 2. The zero-order valence-electron chi connectivity index (χ0n) is 15.6. The molecule has 0 aromatic heterocycles. The number of anilines is 2. The number of halogens is 1. The highest BCUT2D eigenvalue weighted by Gasteiger charge is 2.33. The predicted octanol–water partition coefficient (Wildman–Crippen LogP) is 2.99. The number of Topliss-reactive ketones (excluding diaryl/α,β-unsaturated/α-hetero) is 1. The van der Waals surface area contributed by atoms with E-state index >= 15 is 0 Å². The molecule has 0 saturated heterocycles.